The maximum absolute atomic E-state index is 12.6. The molecule has 0 aliphatic carbocycles. The maximum Gasteiger partial charge on any atom is 0.267 e. The third-order valence-electron chi connectivity index (χ3n) is 4.32. The molecule has 8 nitrogen and oxygen atoms in total. The van der Waals surface area contributed by atoms with Crippen molar-refractivity contribution in [2.24, 2.45) is 0 Å². The number of methoxy groups -OCH3 is 2. The number of hydrogen-bond donors (Lipinski definition) is 3. The second kappa shape index (κ2) is 10.3. The summed E-state index contributed by atoms with van der Waals surface area (Å²) in [6, 6.07) is 11.7. The van der Waals surface area contributed by atoms with Gasteiger partial charge in [-0.25, -0.2) is 8.42 Å². The molecule has 0 saturated carbocycles. The van der Waals surface area contributed by atoms with Crippen molar-refractivity contribution in [1.29, 1.82) is 0 Å². The van der Waals surface area contributed by atoms with Gasteiger partial charge in [-0.05, 0) is 42.9 Å². The van der Waals surface area contributed by atoms with E-state index < -0.39 is 10.0 Å². The monoisotopic (exact) mass is 451 g/mol. The third-order valence-corrected chi connectivity index (χ3v) is 6.13. The molecule has 0 bridgehead atoms. The Bertz CT molecular complexity index is 1020. The topological polar surface area (TPSA) is 106 Å². The van der Waals surface area contributed by atoms with Crippen molar-refractivity contribution in [3.8, 4) is 11.5 Å². The second-order valence-corrected chi connectivity index (χ2v) is 8.44. The van der Waals surface area contributed by atoms with Crippen molar-refractivity contribution in [3.05, 3.63) is 53.6 Å². The van der Waals surface area contributed by atoms with E-state index in [0.717, 1.165) is 5.56 Å². The second-order valence-electron chi connectivity index (χ2n) is 6.38. The van der Waals surface area contributed by atoms with Crippen LogP contribution >= 0.6 is 12.2 Å². The molecule has 2 aromatic carbocycles. The minimum Gasteiger partial charge on any atom is -0.496 e. The van der Waals surface area contributed by atoms with Gasteiger partial charge in [0.05, 0.1) is 26.7 Å². The first-order valence-corrected chi connectivity index (χ1v) is 10.9. The van der Waals surface area contributed by atoms with Crippen LogP contribution in [0.15, 0.2) is 47.4 Å². The number of hydrogen-bond acceptors (Lipinski definition) is 6. The minimum absolute atomic E-state index is 0.0114. The predicted molar refractivity (Wildman–Crippen MR) is 118 cm³/mol. The number of nitrogens with one attached hydrogen (secondary N) is 3. The van der Waals surface area contributed by atoms with E-state index in [-0.39, 0.29) is 34.1 Å². The van der Waals surface area contributed by atoms with Crippen LogP contribution in [0, 0.1) is 0 Å². The maximum atomic E-state index is 12.6. The Morgan fingerprint density at radius 2 is 1.77 bits per heavy atom. The summed E-state index contributed by atoms with van der Waals surface area (Å²) in [5.41, 5.74) is 1.35. The number of rotatable bonds is 8. The zero-order valence-electron chi connectivity index (χ0n) is 17.2. The van der Waals surface area contributed by atoms with E-state index in [1.165, 1.54) is 26.3 Å². The number of sulfonamides is 1. The first-order chi connectivity index (χ1) is 14.2. The number of ether oxygens (including phenoxy) is 2. The van der Waals surface area contributed by atoms with Crippen LogP contribution in [0.4, 0.5) is 0 Å². The van der Waals surface area contributed by atoms with Gasteiger partial charge in [-0.3, -0.25) is 9.52 Å². The molecule has 10 heteroatoms. The molecule has 0 aliphatic heterocycles. The summed E-state index contributed by atoms with van der Waals surface area (Å²) >= 11 is 4.88. The lowest BCUT2D eigenvalue weighted by Gasteiger charge is -2.17. The summed E-state index contributed by atoms with van der Waals surface area (Å²) in [6.45, 7) is 1.85. The van der Waals surface area contributed by atoms with Crippen molar-refractivity contribution >= 4 is 33.3 Å². The van der Waals surface area contributed by atoms with Gasteiger partial charge in [-0.2, -0.15) is 0 Å². The van der Waals surface area contributed by atoms with E-state index in [0.29, 0.717) is 11.3 Å². The largest absolute Gasteiger partial charge is 0.496 e. The lowest BCUT2D eigenvalue weighted by molar-refractivity contribution is -0.121. The Hall–Kier alpha value is -2.85. The highest BCUT2D eigenvalue weighted by Gasteiger charge is 2.22. The Balaban J connectivity index is 2.20. The zero-order valence-corrected chi connectivity index (χ0v) is 18.8. The van der Waals surface area contributed by atoms with E-state index in [1.54, 1.807) is 13.2 Å². The summed E-state index contributed by atoms with van der Waals surface area (Å²) in [6.07, 6.45) is -0.0114. The summed E-state index contributed by atoms with van der Waals surface area (Å²) in [5, 5.41) is 5.40. The first kappa shape index (κ1) is 23.4. The van der Waals surface area contributed by atoms with Crippen LogP contribution in [0.1, 0.15) is 24.1 Å². The minimum atomic E-state index is -3.97. The van der Waals surface area contributed by atoms with Gasteiger partial charge in [0.2, 0.25) is 5.91 Å². The van der Waals surface area contributed by atoms with E-state index in [1.807, 2.05) is 31.2 Å². The summed E-state index contributed by atoms with van der Waals surface area (Å²) < 4.78 is 38.0. The number of amides is 1. The molecule has 1 atom stereocenters. The summed E-state index contributed by atoms with van der Waals surface area (Å²) in [5.74, 6) is 0.559. The van der Waals surface area contributed by atoms with Crippen molar-refractivity contribution < 1.29 is 22.7 Å². The lowest BCUT2D eigenvalue weighted by atomic mass is 10.1. The lowest BCUT2D eigenvalue weighted by Crippen LogP contribution is -2.37. The van der Waals surface area contributed by atoms with Gasteiger partial charge in [0, 0.05) is 12.6 Å². The van der Waals surface area contributed by atoms with Crippen LogP contribution in [0.3, 0.4) is 0 Å². The Kier molecular flexibility index (Phi) is 8.01. The quantitative estimate of drug-likeness (QED) is 0.527. The standard InChI is InChI=1S/C20H25N3O5S2/c1-13(15-7-5-6-8-16(15)27-3)22-19(24)12-14-9-10-17(28-4)18(11-14)30(25,26)23-20(29)21-2/h5-11,13H,12H2,1-4H3,(H,22,24)(H2,21,23,29). The molecule has 2 rings (SSSR count). The van der Waals surface area contributed by atoms with Crippen molar-refractivity contribution in [2.75, 3.05) is 21.3 Å². The molecule has 3 N–H and O–H groups in total. The smallest absolute Gasteiger partial charge is 0.267 e. The Labute approximate surface area is 182 Å². The molecule has 0 heterocycles. The molecule has 1 unspecified atom stereocenters. The number of carbonyl (C=O) groups excluding carboxylic acids is 1. The van der Waals surface area contributed by atoms with Gasteiger partial charge in [-0.15, -0.1) is 0 Å². The molecule has 0 fully saturated rings. The van der Waals surface area contributed by atoms with Crippen LogP contribution < -0.4 is 24.8 Å². The SMILES string of the molecule is CNC(=S)NS(=O)(=O)c1cc(CC(=O)NC(C)c2ccccc2OC)ccc1OC. The molecule has 0 aliphatic rings. The fourth-order valence-corrected chi connectivity index (χ4v) is 4.36. The normalized spacial score (nSPS) is 11.9. The molecule has 162 valence electrons. The number of thiocarbonyl (C=S) groups is 1. The number of para-hydroxylation sites is 1. The van der Waals surface area contributed by atoms with Crippen LogP contribution in [-0.2, 0) is 21.2 Å². The molecular weight excluding hydrogens is 426 g/mol. The number of benzene rings is 2. The van der Waals surface area contributed by atoms with Gasteiger partial charge in [0.1, 0.15) is 16.4 Å². The Morgan fingerprint density at radius 1 is 1.10 bits per heavy atom. The molecule has 2 aromatic rings. The van der Waals surface area contributed by atoms with Gasteiger partial charge < -0.3 is 20.1 Å². The molecular formula is C20H25N3O5S2. The Morgan fingerprint density at radius 3 is 2.40 bits per heavy atom. The van der Waals surface area contributed by atoms with Crippen molar-refractivity contribution in [1.82, 2.24) is 15.4 Å². The third kappa shape index (κ3) is 5.83. The molecule has 30 heavy (non-hydrogen) atoms. The van der Waals surface area contributed by atoms with Crippen LogP contribution in [-0.4, -0.2) is 40.7 Å². The van der Waals surface area contributed by atoms with E-state index >= 15 is 0 Å². The average Bonchev–Trinajstić information content (AvgIpc) is 2.73. The van der Waals surface area contributed by atoms with E-state index in [2.05, 4.69) is 15.4 Å². The summed E-state index contributed by atoms with van der Waals surface area (Å²) in [7, 11) is 0.468. The highest BCUT2D eigenvalue weighted by Crippen LogP contribution is 2.26. The summed E-state index contributed by atoms with van der Waals surface area (Å²) in [4.78, 5) is 12.5. The highest BCUT2D eigenvalue weighted by molar-refractivity contribution is 7.92. The molecule has 0 spiro atoms. The van der Waals surface area contributed by atoms with Crippen LogP contribution in [0.5, 0.6) is 11.5 Å². The fourth-order valence-electron chi connectivity index (χ4n) is 2.85. The van der Waals surface area contributed by atoms with Crippen molar-refractivity contribution in [3.63, 3.8) is 0 Å². The van der Waals surface area contributed by atoms with E-state index in [4.69, 9.17) is 21.7 Å². The van der Waals surface area contributed by atoms with Crippen molar-refractivity contribution in [2.45, 2.75) is 24.3 Å². The van der Waals surface area contributed by atoms with Crippen LogP contribution in [0.2, 0.25) is 0 Å². The van der Waals surface area contributed by atoms with Gasteiger partial charge in [0.25, 0.3) is 10.0 Å². The van der Waals surface area contributed by atoms with Gasteiger partial charge in [-0.1, -0.05) is 24.3 Å². The van der Waals surface area contributed by atoms with Crippen LogP contribution in [0.25, 0.3) is 0 Å². The molecule has 1 amide bonds. The average molecular weight is 452 g/mol. The number of carbonyl (C=O) groups is 1. The van der Waals surface area contributed by atoms with Gasteiger partial charge >= 0.3 is 0 Å². The molecule has 0 aromatic heterocycles. The van der Waals surface area contributed by atoms with Gasteiger partial charge in [0.15, 0.2) is 5.11 Å². The predicted octanol–water partition coefficient (Wildman–Crippen LogP) is 1.91. The molecule has 0 radical (unpaired) electrons. The fraction of sp³-hybridized carbons (Fsp3) is 0.300. The molecule has 0 saturated heterocycles. The first-order valence-electron chi connectivity index (χ1n) is 9.05. The zero-order chi connectivity index (χ0) is 22.3. The highest BCUT2D eigenvalue weighted by atomic mass is 32.2. The van der Waals surface area contributed by atoms with E-state index in [9.17, 15) is 13.2 Å².